The molecule has 27 heavy (non-hydrogen) atoms. The molecule has 2 aromatic carbocycles. The van der Waals surface area contributed by atoms with E-state index in [0.29, 0.717) is 0 Å². The first-order valence-electron chi connectivity index (χ1n) is 9.35. The molecule has 0 aromatic heterocycles. The highest BCUT2D eigenvalue weighted by Crippen LogP contribution is 2.22. The van der Waals surface area contributed by atoms with Crippen molar-refractivity contribution in [1.29, 1.82) is 0 Å². The predicted octanol–water partition coefficient (Wildman–Crippen LogP) is 4.14. The van der Waals surface area contributed by atoms with Crippen LogP contribution in [0.1, 0.15) is 31.9 Å². The molecule has 0 atom stereocenters. The van der Waals surface area contributed by atoms with Gasteiger partial charge in [-0.05, 0) is 69.2 Å². The Morgan fingerprint density at radius 2 is 1.59 bits per heavy atom. The third kappa shape index (κ3) is 5.33. The molecule has 0 saturated carbocycles. The molecule has 0 aliphatic rings. The number of aryl methyl sites for hydroxylation is 2. The first kappa shape index (κ1) is 20.5. The second-order valence-electron chi connectivity index (χ2n) is 6.66. The molecular weight excluding hydrogens is 338 g/mol. The lowest BCUT2D eigenvalue weighted by Gasteiger charge is -2.23. The lowest BCUT2D eigenvalue weighted by atomic mass is 10.1. The normalized spacial score (nSPS) is 10.4. The molecule has 5 nitrogen and oxygen atoms in total. The maximum atomic E-state index is 12.5. The highest BCUT2D eigenvalue weighted by molar-refractivity contribution is 6.02. The van der Waals surface area contributed by atoms with Crippen molar-refractivity contribution in [1.82, 2.24) is 0 Å². The van der Waals surface area contributed by atoms with E-state index in [-0.39, 0.29) is 18.4 Å². The van der Waals surface area contributed by atoms with Crippen LogP contribution in [0, 0.1) is 13.8 Å². The Labute approximate surface area is 162 Å². The summed E-state index contributed by atoms with van der Waals surface area (Å²) >= 11 is 0. The molecule has 2 amide bonds. The molecule has 0 radical (unpaired) electrons. The molecule has 144 valence electrons. The molecular formula is C22H29N3O2. The first-order chi connectivity index (χ1) is 12.8. The van der Waals surface area contributed by atoms with Crippen molar-refractivity contribution < 1.29 is 9.59 Å². The average Bonchev–Trinajstić information content (AvgIpc) is 2.64. The van der Waals surface area contributed by atoms with Crippen LogP contribution in [0.2, 0.25) is 0 Å². The molecule has 0 bridgehead atoms. The summed E-state index contributed by atoms with van der Waals surface area (Å²) in [7, 11) is 0. The van der Waals surface area contributed by atoms with Crippen molar-refractivity contribution in [3.05, 3.63) is 53.6 Å². The summed E-state index contributed by atoms with van der Waals surface area (Å²) in [4.78, 5) is 28.4. The fourth-order valence-corrected chi connectivity index (χ4v) is 3.06. The third-order valence-electron chi connectivity index (χ3n) is 4.62. The fourth-order valence-electron chi connectivity index (χ4n) is 3.06. The van der Waals surface area contributed by atoms with Crippen molar-refractivity contribution in [2.24, 2.45) is 0 Å². The zero-order valence-electron chi connectivity index (χ0n) is 16.9. The summed E-state index contributed by atoms with van der Waals surface area (Å²) in [6.07, 6.45) is 0. The lowest BCUT2D eigenvalue weighted by Crippen LogP contribution is -2.37. The second kappa shape index (κ2) is 9.21. The van der Waals surface area contributed by atoms with Crippen LogP contribution in [-0.4, -0.2) is 31.4 Å². The predicted molar refractivity (Wildman–Crippen MR) is 113 cm³/mol. The zero-order valence-corrected chi connectivity index (χ0v) is 16.9. The minimum Gasteiger partial charge on any atom is -0.372 e. The minimum atomic E-state index is -0.221. The second-order valence-corrected chi connectivity index (χ2v) is 6.66. The Hall–Kier alpha value is -2.82. The van der Waals surface area contributed by atoms with Gasteiger partial charge in [-0.1, -0.05) is 12.1 Å². The van der Waals surface area contributed by atoms with Gasteiger partial charge in [-0.25, -0.2) is 0 Å². The minimum absolute atomic E-state index is 0.0164. The molecule has 2 rings (SSSR count). The molecule has 0 fully saturated rings. The van der Waals surface area contributed by atoms with Gasteiger partial charge in [-0.3, -0.25) is 9.59 Å². The van der Waals surface area contributed by atoms with E-state index >= 15 is 0 Å². The maximum Gasteiger partial charge on any atom is 0.244 e. The van der Waals surface area contributed by atoms with Gasteiger partial charge in [0.05, 0.1) is 0 Å². The van der Waals surface area contributed by atoms with Gasteiger partial charge >= 0.3 is 0 Å². The monoisotopic (exact) mass is 367 g/mol. The van der Waals surface area contributed by atoms with E-state index < -0.39 is 0 Å². The molecule has 1 N–H and O–H groups in total. The molecule has 0 saturated heterocycles. The Bertz CT molecular complexity index is 796. The number of benzene rings is 2. The van der Waals surface area contributed by atoms with E-state index in [1.54, 1.807) is 0 Å². The Morgan fingerprint density at radius 1 is 0.963 bits per heavy atom. The van der Waals surface area contributed by atoms with Gasteiger partial charge in [-0.15, -0.1) is 0 Å². The van der Waals surface area contributed by atoms with Crippen molar-refractivity contribution >= 4 is 28.9 Å². The fraction of sp³-hybridized carbons (Fsp3) is 0.364. The number of anilines is 3. The third-order valence-corrected chi connectivity index (χ3v) is 4.62. The number of carbonyl (C=O) groups excluding carboxylic acids is 2. The van der Waals surface area contributed by atoms with E-state index in [0.717, 1.165) is 41.3 Å². The van der Waals surface area contributed by atoms with Crippen LogP contribution in [0.4, 0.5) is 17.1 Å². The summed E-state index contributed by atoms with van der Waals surface area (Å²) in [6.45, 7) is 11.5. The summed E-state index contributed by atoms with van der Waals surface area (Å²) in [5.41, 5.74) is 4.63. The van der Waals surface area contributed by atoms with Crippen molar-refractivity contribution in [2.75, 3.05) is 34.8 Å². The number of nitrogens with zero attached hydrogens (tertiary/aromatic N) is 2. The quantitative estimate of drug-likeness (QED) is 0.800. The maximum absolute atomic E-state index is 12.5. The zero-order chi connectivity index (χ0) is 20.0. The average molecular weight is 367 g/mol. The molecule has 0 aliphatic heterocycles. The molecule has 5 heteroatoms. The van der Waals surface area contributed by atoms with Gasteiger partial charge in [-0.2, -0.15) is 0 Å². The summed E-state index contributed by atoms with van der Waals surface area (Å²) in [5, 5.41) is 2.88. The summed E-state index contributed by atoms with van der Waals surface area (Å²) < 4.78 is 0. The number of hydrogen-bond acceptors (Lipinski definition) is 3. The van der Waals surface area contributed by atoms with Crippen LogP contribution in [0.15, 0.2) is 42.5 Å². The van der Waals surface area contributed by atoms with Crippen LogP contribution >= 0.6 is 0 Å². The summed E-state index contributed by atoms with van der Waals surface area (Å²) in [5.74, 6) is -0.377. The largest absolute Gasteiger partial charge is 0.372 e. The number of rotatable bonds is 7. The van der Waals surface area contributed by atoms with E-state index in [1.807, 2.05) is 56.3 Å². The molecule has 0 unspecified atom stereocenters. The molecule has 2 aromatic rings. The van der Waals surface area contributed by atoms with Gasteiger partial charge in [0.1, 0.15) is 6.54 Å². The van der Waals surface area contributed by atoms with Gasteiger partial charge < -0.3 is 15.1 Å². The Kier molecular flexibility index (Phi) is 6.99. The highest BCUT2D eigenvalue weighted by atomic mass is 16.2. The van der Waals surface area contributed by atoms with E-state index in [2.05, 4.69) is 24.1 Å². The number of hydrogen-bond donors (Lipinski definition) is 1. The van der Waals surface area contributed by atoms with Crippen LogP contribution in [-0.2, 0) is 9.59 Å². The van der Waals surface area contributed by atoms with Crippen LogP contribution in [0.3, 0.4) is 0 Å². The van der Waals surface area contributed by atoms with Crippen LogP contribution in [0.5, 0.6) is 0 Å². The van der Waals surface area contributed by atoms with Crippen molar-refractivity contribution in [3.8, 4) is 0 Å². The summed E-state index contributed by atoms with van der Waals surface area (Å²) in [6, 6.07) is 13.7. The van der Waals surface area contributed by atoms with Gasteiger partial charge in [0.25, 0.3) is 0 Å². The Balaban J connectivity index is 2.10. The molecule has 0 heterocycles. The van der Waals surface area contributed by atoms with E-state index in [9.17, 15) is 9.59 Å². The smallest absolute Gasteiger partial charge is 0.244 e. The molecule has 0 spiro atoms. The lowest BCUT2D eigenvalue weighted by molar-refractivity contribution is -0.120. The standard InChI is InChI=1S/C22H29N3O2/c1-6-24(7-2)20-12-10-19(11-13-20)23-22(27)15-25(18(5)26)21-14-16(3)8-9-17(21)4/h8-14H,6-7,15H2,1-5H3,(H,23,27). The van der Waals surface area contributed by atoms with E-state index in [1.165, 1.54) is 11.8 Å². The van der Waals surface area contributed by atoms with Gasteiger partial charge in [0, 0.05) is 37.1 Å². The van der Waals surface area contributed by atoms with E-state index in [4.69, 9.17) is 0 Å². The van der Waals surface area contributed by atoms with Gasteiger partial charge in [0.2, 0.25) is 11.8 Å². The number of carbonyl (C=O) groups is 2. The highest BCUT2D eigenvalue weighted by Gasteiger charge is 2.18. The topological polar surface area (TPSA) is 52.7 Å². The number of amides is 2. The Morgan fingerprint density at radius 3 is 2.15 bits per heavy atom. The SMILES string of the molecule is CCN(CC)c1ccc(NC(=O)CN(C(C)=O)c2cc(C)ccc2C)cc1. The number of nitrogens with one attached hydrogen (secondary N) is 1. The van der Waals surface area contributed by atoms with Crippen molar-refractivity contribution in [3.63, 3.8) is 0 Å². The van der Waals surface area contributed by atoms with Crippen molar-refractivity contribution in [2.45, 2.75) is 34.6 Å². The van der Waals surface area contributed by atoms with Crippen LogP contribution < -0.4 is 15.1 Å². The van der Waals surface area contributed by atoms with Gasteiger partial charge in [0.15, 0.2) is 0 Å². The van der Waals surface area contributed by atoms with Crippen LogP contribution in [0.25, 0.3) is 0 Å². The first-order valence-corrected chi connectivity index (χ1v) is 9.35. The molecule has 0 aliphatic carbocycles.